The van der Waals surface area contributed by atoms with Crippen LogP contribution in [-0.4, -0.2) is 90.0 Å². The molecule has 2 saturated heterocycles. The first kappa shape index (κ1) is 20.6. The number of esters is 1. The second-order valence-electron chi connectivity index (χ2n) is 5.91. The van der Waals surface area contributed by atoms with Gasteiger partial charge in [0.05, 0.1) is 21.5 Å². The Labute approximate surface area is 171 Å². The number of aliphatic hydroxyl groups is 1. The second-order valence-corrected chi connectivity index (χ2v) is 7.44. The van der Waals surface area contributed by atoms with Crippen molar-refractivity contribution in [2.45, 2.75) is 37.1 Å². The molecule has 0 aromatic rings. The van der Waals surface area contributed by atoms with E-state index in [0.29, 0.717) is 0 Å². The second kappa shape index (κ2) is 8.79. The average Bonchev–Trinajstić information content (AvgIpc) is 3.17. The zero-order valence-corrected chi connectivity index (χ0v) is 17.5. The number of carboxylic acid groups (broad SMARTS) is 1. The Balaban J connectivity index is 2.04. The maximum Gasteiger partial charge on any atom is 0.329 e. The van der Waals surface area contributed by atoms with Gasteiger partial charge >= 0.3 is 11.9 Å². The van der Waals surface area contributed by atoms with Gasteiger partial charge in [0.25, 0.3) is 0 Å². The van der Waals surface area contributed by atoms with Crippen molar-refractivity contribution in [1.82, 2.24) is 9.80 Å². The molecule has 0 saturated carbocycles. The van der Waals surface area contributed by atoms with Crippen LogP contribution in [0.4, 0.5) is 0 Å². The van der Waals surface area contributed by atoms with Crippen molar-refractivity contribution in [2.24, 2.45) is 0 Å². The van der Waals surface area contributed by atoms with Gasteiger partial charge in [-0.15, -0.1) is 0 Å². The number of ether oxygens (including phenoxy) is 1. The molecule has 0 bridgehead atoms. The number of nitrogens with zero attached hydrogens (tertiary/aromatic N) is 2. The minimum atomic E-state index is -1.14. The van der Waals surface area contributed by atoms with Gasteiger partial charge in [-0.3, -0.25) is 9.59 Å². The van der Waals surface area contributed by atoms with Crippen molar-refractivity contribution in [3.05, 3.63) is 0 Å². The van der Waals surface area contributed by atoms with Crippen LogP contribution in [0.2, 0.25) is 0 Å². The van der Waals surface area contributed by atoms with E-state index in [0.717, 1.165) is 0 Å². The summed E-state index contributed by atoms with van der Waals surface area (Å²) >= 11 is 3.73. The fourth-order valence-electron chi connectivity index (χ4n) is 3.10. The van der Waals surface area contributed by atoms with E-state index in [-0.39, 0.29) is 46.6 Å². The summed E-state index contributed by atoms with van der Waals surface area (Å²) in [5, 5.41) is 19.0. The molecule has 0 radical (unpaired) electrons. The third-order valence-electron chi connectivity index (χ3n) is 4.25. The summed E-state index contributed by atoms with van der Waals surface area (Å²) in [6.07, 6.45) is -1.43. The standard InChI is InChI=1S/C14H18I2N2O7/c15-3-11(20)17-5-7(19)1-10(17)14(24)25-8-2-9(13(22)23)18(6-8)12(21)4-16/h7-10,19H,1-6H2,(H,22,23)/t7-,8-,9+,10+/m1/s1. The smallest absolute Gasteiger partial charge is 0.329 e. The molecule has 2 fully saturated rings. The van der Waals surface area contributed by atoms with Crippen LogP contribution in [-0.2, 0) is 23.9 Å². The number of β-amino-alcohol motifs (C(OH)–C–C–N with tert-alkyl or cyclic N) is 1. The van der Waals surface area contributed by atoms with Gasteiger partial charge in [0.15, 0.2) is 0 Å². The minimum Gasteiger partial charge on any atom is -0.480 e. The van der Waals surface area contributed by atoms with Crippen LogP contribution >= 0.6 is 45.2 Å². The van der Waals surface area contributed by atoms with E-state index < -0.39 is 36.2 Å². The van der Waals surface area contributed by atoms with Crippen molar-refractivity contribution in [3.8, 4) is 0 Å². The first-order valence-corrected chi connectivity index (χ1v) is 10.7. The van der Waals surface area contributed by atoms with E-state index in [9.17, 15) is 29.4 Å². The molecule has 140 valence electrons. The van der Waals surface area contributed by atoms with Gasteiger partial charge in [-0.2, -0.15) is 0 Å². The highest BCUT2D eigenvalue weighted by atomic mass is 127. The number of alkyl halides is 2. The van der Waals surface area contributed by atoms with Crippen molar-refractivity contribution >= 4 is 68.9 Å². The molecule has 0 aliphatic carbocycles. The zero-order chi connectivity index (χ0) is 18.7. The molecule has 0 aromatic carbocycles. The zero-order valence-electron chi connectivity index (χ0n) is 13.1. The summed E-state index contributed by atoms with van der Waals surface area (Å²) in [5.41, 5.74) is 0. The number of aliphatic carboxylic acids is 1. The van der Waals surface area contributed by atoms with E-state index >= 15 is 0 Å². The maximum absolute atomic E-state index is 12.4. The molecular formula is C14H18I2N2O7. The Morgan fingerprint density at radius 2 is 1.52 bits per heavy atom. The lowest BCUT2D eigenvalue weighted by Gasteiger charge is -2.23. The number of aliphatic hydroxyl groups excluding tert-OH is 1. The van der Waals surface area contributed by atoms with Gasteiger partial charge in [-0.1, -0.05) is 45.2 Å². The van der Waals surface area contributed by atoms with Crippen LogP contribution in [0.3, 0.4) is 0 Å². The molecule has 11 heteroatoms. The number of carbonyl (C=O) groups is 4. The summed E-state index contributed by atoms with van der Waals surface area (Å²) in [5.74, 6) is -2.41. The molecule has 0 unspecified atom stereocenters. The predicted octanol–water partition coefficient (Wildman–Crippen LogP) is -0.585. The number of likely N-dealkylation sites (tertiary alicyclic amines) is 2. The molecule has 4 atom stereocenters. The van der Waals surface area contributed by atoms with Crippen molar-refractivity contribution in [2.75, 3.05) is 21.9 Å². The van der Waals surface area contributed by atoms with Gasteiger partial charge in [0.2, 0.25) is 11.8 Å². The molecule has 9 nitrogen and oxygen atoms in total. The highest BCUT2D eigenvalue weighted by molar-refractivity contribution is 14.1. The lowest BCUT2D eigenvalue weighted by Crippen LogP contribution is -2.43. The largest absolute Gasteiger partial charge is 0.480 e. The third-order valence-corrected chi connectivity index (χ3v) is 5.56. The van der Waals surface area contributed by atoms with Crippen LogP contribution in [0, 0.1) is 0 Å². The topological polar surface area (TPSA) is 124 Å². The number of rotatable bonds is 5. The Hall–Kier alpha value is -0.700. The summed E-state index contributed by atoms with van der Waals surface area (Å²) < 4.78 is 5.68. The van der Waals surface area contributed by atoms with Crippen LogP contribution < -0.4 is 0 Å². The minimum absolute atomic E-state index is 0.0129. The summed E-state index contributed by atoms with van der Waals surface area (Å²) in [6, 6.07) is -1.91. The fraction of sp³-hybridized carbons (Fsp3) is 0.714. The van der Waals surface area contributed by atoms with Gasteiger partial charge in [-0.05, 0) is 0 Å². The van der Waals surface area contributed by atoms with Gasteiger partial charge in [0, 0.05) is 19.4 Å². The lowest BCUT2D eigenvalue weighted by molar-refractivity contribution is -0.157. The Morgan fingerprint density at radius 1 is 0.960 bits per heavy atom. The van der Waals surface area contributed by atoms with Gasteiger partial charge in [0.1, 0.15) is 18.2 Å². The molecule has 2 amide bonds. The molecule has 0 spiro atoms. The van der Waals surface area contributed by atoms with Gasteiger partial charge in [-0.25, -0.2) is 9.59 Å². The molecule has 0 aromatic heterocycles. The first-order valence-electron chi connectivity index (χ1n) is 7.60. The Morgan fingerprint density at radius 3 is 2.04 bits per heavy atom. The SMILES string of the molecule is O=C(O)[C@@H]1C[C@@H](OC(=O)[C@@H]2C[C@@H](O)CN2C(=O)CI)CN1C(=O)CI. The van der Waals surface area contributed by atoms with Crippen molar-refractivity contribution < 1.29 is 34.1 Å². The van der Waals surface area contributed by atoms with E-state index in [1.54, 1.807) is 0 Å². The van der Waals surface area contributed by atoms with Crippen LogP contribution in [0.1, 0.15) is 12.8 Å². The van der Waals surface area contributed by atoms with E-state index in [1.165, 1.54) is 9.80 Å². The number of halogens is 2. The molecule has 2 heterocycles. The highest BCUT2D eigenvalue weighted by Gasteiger charge is 2.44. The van der Waals surface area contributed by atoms with Crippen LogP contribution in [0.15, 0.2) is 0 Å². The van der Waals surface area contributed by atoms with Gasteiger partial charge < -0.3 is 24.7 Å². The third kappa shape index (κ3) is 4.72. The number of carboxylic acids is 1. The van der Waals surface area contributed by atoms with E-state index in [1.807, 2.05) is 45.2 Å². The van der Waals surface area contributed by atoms with Crippen molar-refractivity contribution in [3.63, 3.8) is 0 Å². The Kier molecular flexibility index (Phi) is 7.25. The van der Waals surface area contributed by atoms with Crippen LogP contribution in [0.5, 0.6) is 0 Å². The molecule has 2 aliphatic rings. The van der Waals surface area contributed by atoms with Crippen LogP contribution in [0.25, 0.3) is 0 Å². The predicted molar refractivity (Wildman–Crippen MR) is 102 cm³/mol. The summed E-state index contributed by atoms with van der Waals surface area (Å²) in [6.45, 7) is 0.0868. The molecule has 2 aliphatic heterocycles. The monoisotopic (exact) mass is 580 g/mol. The quantitative estimate of drug-likeness (QED) is 0.254. The average molecular weight is 580 g/mol. The number of carbonyl (C=O) groups excluding carboxylic acids is 3. The molecular weight excluding hydrogens is 562 g/mol. The number of hydrogen-bond donors (Lipinski definition) is 2. The summed E-state index contributed by atoms with van der Waals surface area (Å²) in [4.78, 5) is 50.0. The normalized spacial score (nSPS) is 28.9. The molecule has 2 N–H and O–H groups in total. The maximum atomic E-state index is 12.4. The lowest BCUT2D eigenvalue weighted by atomic mass is 10.2. The van der Waals surface area contributed by atoms with E-state index in [2.05, 4.69) is 0 Å². The molecule has 25 heavy (non-hydrogen) atoms. The van der Waals surface area contributed by atoms with E-state index in [4.69, 9.17) is 4.74 Å². The summed E-state index contributed by atoms with van der Waals surface area (Å²) in [7, 11) is 0. The Bertz CT molecular complexity index is 573. The molecule has 2 rings (SSSR count). The number of hydrogen-bond acceptors (Lipinski definition) is 6. The highest BCUT2D eigenvalue weighted by Crippen LogP contribution is 2.25. The fourth-order valence-corrected chi connectivity index (χ4v) is 3.98. The van der Waals surface area contributed by atoms with Crippen molar-refractivity contribution in [1.29, 1.82) is 0 Å². The number of amides is 2. The first-order chi connectivity index (χ1) is 11.8.